The Kier molecular flexibility index (Phi) is 5.47. The van der Waals surface area contributed by atoms with Crippen molar-refractivity contribution in [2.45, 2.75) is 12.5 Å². The van der Waals surface area contributed by atoms with Crippen molar-refractivity contribution in [1.29, 1.82) is 5.26 Å². The number of piperazine rings is 1. The highest BCUT2D eigenvalue weighted by molar-refractivity contribution is 5.95. The van der Waals surface area contributed by atoms with Crippen LogP contribution in [0.25, 0.3) is 0 Å². The molecule has 1 heterocycles. The fourth-order valence-corrected chi connectivity index (χ4v) is 2.43. The molecular formula is C15H18N4O3. The molecule has 1 amide bonds. The van der Waals surface area contributed by atoms with E-state index in [0.717, 1.165) is 0 Å². The molecule has 7 nitrogen and oxygen atoms in total. The largest absolute Gasteiger partial charge is 0.480 e. The summed E-state index contributed by atoms with van der Waals surface area (Å²) in [6, 6.07) is 7.77. The van der Waals surface area contributed by atoms with Gasteiger partial charge in [0, 0.05) is 26.2 Å². The Bertz CT molecular complexity index is 591. The van der Waals surface area contributed by atoms with Crippen molar-refractivity contribution in [3.05, 3.63) is 29.8 Å². The highest BCUT2D eigenvalue weighted by Crippen LogP contribution is 2.15. The zero-order valence-electron chi connectivity index (χ0n) is 12.1. The Morgan fingerprint density at radius 1 is 1.36 bits per heavy atom. The van der Waals surface area contributed by atoms with Crippen molar-refractivity contribution in [2.75, 3.05) is 31.5 Å². The zero-order valence-corrected chi connectivity index (χ0v) is 12.1. The molecular weight excluding hydrogens is 284 g/mol. The number of anilines is 1. The lowest BCUT2D eigenvalue weighted by atomic mass is 10.1. The molecule has 1 fully saturated rings. The van der Waals surface area contributed by atoms with Crippen molar-refractivity contribution in [3.63, 3.8) is 0 Å². The summed E-state index contributed by atoms with van der Waals surface area (Å²) in [5.74, 6) is -1.42. The fraction of sp³-hybridized carbons (Fsp3) is 0.400. The third-order valence-electron chi connectivity index (χ3n) is 3.58. The first-order chi connectivity index (χ1) is 10.6. The molecule has 2 rings (SSSR count). The molecule has 0 aromatic heterocycles. The Morgan fingerprint density at radius 2 is 2.05 bits per heavy atom. The molecule has 0 bridgehead atoms. The molecule has 116 valence electrons. The van der Waals surface area contributed by atoms with Crippen molar-refractivity contribution < 1.29 is 14.7 Å². The Labute approximate surface area is 128 Å². The number of hydrogen-bond donors (Lipinski definition) is 3. The third-order valence-corrected chi connectivity index (χ3v) is 3.58. The minimum atomic E-state index is -1.01. The van der Waals surface area contributed by atoms with Crippen LogP contribution in [0, 0.1) is 11.3 Å². The first-order valence-corrected chi connectivity index (χ1v) is 7.08. The average Bonchev–Trinajstić information content (AvgIpc) is 2.53. The number of carbonyl (C=O) groups is 2. The van der Waals surface area contributed by atoms with Crippen LogP contribution in [-0.4, -0.2) is 54.1 Å². The number of benzene rings is 1. The smallest absolute Gasteiger partial charge is 0.321 e. The molecule has 0 radical (unpaired) electrons. The van der Waals surface area contributed by atoms with Gasteiger partial charge in [-0.05, 0) is 12.1 Å². The molecule has 3 N–H and O–H groups in total. The standard InChI is InChI=1S/C15H18N4O3/c16-10-11-3-1-2-4-12(11)18-14(20)9-13(15(21)22)19-7-5-17-6-8-19/h1-4,13,17H,5-9H2,(H,18,20)(H,21,22). The van der Waals surface area contributed by atoms with Gasteiger partial charge in [0.1, 0.15) is 12.1 Å². The molecule has 1 aliphatic heterocycles. The zero-order chi connectivity index (χ0) is 15.9. The van der Waals surface area contributed by atoms with Crippen LogP contribution in [0.2, 0.25) is 0 Å². The van der Waals surface area contributed by atoms with Gasteiger partial charge in [0.15, 0.2) is 0 Å². The number of nitrogens with one attached hydrogen (secondary N) is 2. The van der Waals surface area contributed by atoms with E-state index < -0.39 is 17.9 Å². The van der Waals surface area contributed by atoms with Gasteiger partial charge in [-0.1, -0.05) is 12.1 Å². The first-order valence-electron chi connectivity index (χ1n) is 7.08. The molecule has 0 spiro atoms. The third kappa shape index (κ3) is 4.04. The van der Waals surface area contributed by atoms with Crippen LogP contribution < -0.4 is 10.6 Å². The van der Waals surface area contributed by atoms with Crippen LogP contribution in [0.3, 0.4) is 0 Å². The lowest BCUT2D eigenvalue weighted by Crippen LogP contribution is -2.52. The van der Waals surface area contributed by atoms with Crippen molar-refractivity contribution in [1.82, 2.24) is 10.2 Å². The minimum Gasteiger partial charge on any atom is -0.480 e. The topological polar surface area (TPSA) is 105 Å². The van der Waals surface area contributed by atoms with Crippen LogP contribution in [0.1, 0.15) is 12.0 Å². The second kappa shape index (κ2) is 7.54. The monoisotopic (exact) mass is 302 g/mol. The number of aliphatic carboxylic acids is 1. The van der Waals surface area contributed by atoms with E-state index in [1.165, 1.54) is 0 Å². The molecule has 1 unspecified atom stereocenters. The maximum Gasteiger partial charge on any atom is 0.321 e. The number of hydrogen-bond acceptors (Lipinski definition) is 5. The summed E-state index contributed by atoms with van der Waals surface area (Å²) in [5, 5.41) is 24.1. The highest BCUT2D eigenvalue weighted by atomic mass is 16.4. The second-order valence-corrected chi connectivity index (χ2v) is 5.05. The summed E-state index contributed by atoms with van der Waals surface area (Å²) >= 11 is 0. The number of rotatable bonds is 5. The number of carboxylic acid groups (broad SMARTS) is 1. The number of carbonyl (C=O) groups excluding carboxylic acids is 1. The molecule has 0 saturated carbocycles. The Morgan fingerprint density at radius 3 is 2.68 bits per heavy atom. The normalized spacial score (nSPS) is 16.5. The van der Waals surface area contributed by atoms with Crippen molar-refractivity contribution in [3.8, 4) is 6.07 Å². The molecule has 1 aliphatic rings. The average molecular weight is 302 g/mol. The number of nitrogens with zero attached hydrogens (tertiary/aromatic N) is 2. The SMILES string of the molecule is N#Cc1ccccc1NC(=O)CC(C(=O)O)N1CCNCC1. The van der Waals surface area contributed by atoms with Crippen LogP contribution in [0.15, 0.2) is 24.3 Å². The molecule has 1 aromatic carbocycles. The lowest BCUT2D eigenvalue weighted by Gasteiger charge is -2.32. The second-order valence-electron chi connectivity index (χ2n) is 5.05. The molecule has 1 aromatic rings. The lowest BCUT2D eigenvalue weighted by molar-refractivity contribution is -0.145. The summed E-state index contributed by atoms with van der Waals surface area (Å²) in [4.78, 5) is 25.3. The van der Waals surface area contributed by atoms with Crippen LogP contribution in [0.4, 0.5) is 5.69 Å². The van der Waals surface area contributed by atoms with Gasteiger partial charge in [0.2, 0.25) is 5.91 Å². The van der Waals surface area contributed by atoms with Gasteiger partial charge in [-0.15, -0.1) is 0 Å². The van der Waals surface area contributed by atoms with Crippen LogP contribution in [0.5, 0.6) is 0 Å². The van der Waals surface area contributed by atoms with Crippen molar-refractivity contribution >= 4 is 17.6 Å². The van der Waals surface area contributed by atoms with E-state index in [2.05, 4.69) is 10.6 Å². The summed E-state index contributed by atoms with van der Waals surface area (Å²) < 4.78 is 0. The van der Waals surface area contributed by atoms with E-state index in [4.69, 9.17) is 5.26 Å². The van der Waals surface area contributed by atoms with Gasteiger partial charge in [-0.3, -0.25) is 14.5 Å². The molecule has 7 heteroatoms. The minimum absolute atomic E-state index is 0.144. The van der Waals surface area contributed by atoms with Gasteiger partial charge >= 0.3 is 5.97 Å². The fourth-order valence-electron chi connectivity index (χ4n) is 2.43. The molecule has 1 atom stereocenters. The van der Waals surface area contributed by atoms with E-state index in [0.29, 0.717) is 37.4 Å². The Balaban J connectivity index is 2.02. The number of nitriles is 1. The molecule has 1 saturated heterocycles. The first kappa shape index (κ1) is 15.9. The number of amides is 1. The van der Waals surface area contributed by atoms with E-state index in [9.17, 15) is 14.7 Å². The van der Waals surface area contributed by atoms with Gasteiger partial charge in [0.25, 0.3) is 0 Å². The predicted molar refractivity (Wildman–Crippen MR) is 80.3 cm³/mol. The maximum atomic E-state index is 12.1. The van der Waals surface area contributed by atoms with Gasteiger partial charge < -0.3 is 15.7 Å². The number of carboxylic acids is 1. The molecule has 0 aliphatic carbocycles. The van der Waals surface area contributed by atoms with Gasteiger partial charge in [0.05, 0.1) is 17.7 Å². The van der Waals surface area contributed by atoms with Crippen LogP contribution in [-0.2, 0) is 9.59 Å². The summed E-state index contributed by atoms with van der Waals surface area (Å²) in [5.41, 5.74) is 0.754. The quantitative estimate of drug-likeness (QED) is 0.720. The summed E-state index contributed by atoms with van der Waals surface area (Å²) in [7, 11) is 0. The summed E-state index contributed by atoms with van der Waals surface area (Å²) in [6.07, 6.45) is -0.144. The van der Waals surface area contributed by atoms with Crippen molar-refractivity contribution in [2.24, 2.45) is 0 Å². The van der Waals surface area contributed by atoms with Gasteiger partial charge in [-0.2, -0.15) is 5.26 Å². The van der Waals surface area contributed by atoms with E-state index in [1.54, 1.807) is 29.2 Å². The predicted octanol–water partition coefficient (Wildman–Crippen LogP) is 0.245. The van der Waals surface area contributed by atoms with E-state index in [-0.39, 0.29) is 6.42 Å². The van der Waals surface area contributed by atoms with Crippen LogP contribution >= 0.6 is 0 Å². The van der Waals surface area contributed by atoms with Gasteiger partial charge in [-0.25, -0.2) is 0 Å². The highest BCUT2D eigenvalue weighted by Gasteiger charge is 2.29. The maximum absolute atomic E-state index is 12.1. The summed E-state index contributed by atoms with van der Waals surface area (Å²) in [6.45, 7) is 2.61. The molecule has 22 heavy (non-hydrogen) atoms. The number of para-hydroxylation sites is 1. The van der Waals surface area contributed by atoms with E-state index >= 15 is 0 Å². The van der Waals surface area contributed by atoms with E-state index in [1.807, 2.05) is 6.07 Å². The Hall–Kier alpha value is -2.43.